The molecule has 1 aliphatic rings. The Morgan fingerprint density at radius 2 is 2.22 bits per heavy atom. The molecule has 7 heteroatoms. The summed E-state index contributed by atoms with van der Waals surface area (Å²) in [5.74, 6) is -0.0194. The first kappa shape index (κ1) is 17.8. The van der Waals surface area contributed by atoms with Gasteiger partial charge in [0.15, 0.2) is 0 Å². The van der Waals surface area contributed by atoms with Gasteiger partial charge in [0.05, 0.1) is 11.6 Å². The SMILES string of the molecule is CC1(C(=O)NCc2cc3cc(Cl)c(OCc4cccnc4F)cc3[nH]2)CC1. The summed E-state index contributed by atoms with van der Waals surface area (Å²) in [6.07, 6.45) is 3.28. The molecule has 2 aromatic heterocycles. The van der Waals surface area contributed by atoms with Crippen LogP contribution in [0.2, 0.25) is 5.02 Å². The van der Waals surface area contributed by atoms with Crippen molar-refractivity contribution in [3.8, 4) is 5.75 Å². The third-order valence-electron chi connectivity index (χ3n) is 4.94. The van der Waals surface area contributed by atoms with E-state index in [1.807, 2.05) is 13.0 Å². The van der Waals surface area contributed by atoms with E-state index in [9.17, 15) is 9.18 Å². The highest BCUT2D eigenvalue weighted by Crippen LogP contribution is 2.45. The lowest BCUT2D eigenvalue weighted by atomic mass is 10.1. The molecule has 1 saturated carbocycles. The summed E-state index contributed by atoms with van der Waals surface area (Å²) < 4.78 is 19.3. The van der Waals surface area contributed by atoms with Crippen molar-refractivity contribution in [1.82, 2.24) is 15.3 Å². The van der Waals surface area contributed by atoms with Crippen molar-refractivity contribution >= 4 is 28.4 Å². The van der Waals surface area contributed by atoms with Gasteiger partial charge < -0.3 is 15.0 Å². The number of amides is 1. The molecule has 1 amide bonds. The van der Waals surface area contributed by atoms with Gasteiger partial charge in [-0.2, -0.15) is 4.39 Å². The van der Waals surface area contributed by atoms with Crippen LogP contribution in [-0.2, 0) is 17.9 Å². The number of ether oxygens (including phenoxy) is 1. The Balaban J connectivity index is 1.47. The second kappa shape index (κ2) is 6.85. The number of benzene rings is 1. The van der Waals surface area contributed by atoms with Crippen LogP contribution in [0.15, 0.2) is 36.5 Å². The first-order chi connectivity index (χ1) is 12.9. The number of nitrogens with one attached hydrogen (secondary N) is 2. The standard InChI is InChI=1S/C20H19ClFN3O2/c1-20(4-5-20)19(26)24-10-14-7-13-8-15(21)17(9-16(13)25-14)27-11-12-3-2-6-23-18(12)22/h2-3,6-9,25H,4-5,10-11H2,1H3,(H,24,26). The number of fused-ring (bicyclic) bond motifs is 1. The number of halogens is 2. The van der Waals surface area contributed by atoms with Crippen molar-refractivity contribution < 1.29 is 13.9 Å². The highest BCUT2D eigenvalue weighted by Gasteiger charge is 2.44. The van der Waals surface area contributed by atoms with Crippen LogP contribution in [0.25, 0.3) is 10.9 Å². The van der Waals surface area contributed by atoms with Crippen molar-refractivity contribution in [2.45, 2.75) is 32.9 Å². The Kier molecular flexibility index (Phi) is 4.52. The van der Waals surface area contributed by atoms with Crippen molar-refractivity contribution in [3.05, 3.63) is 58.8 Å². The van der Waals surface area contributed by atoms with E-state index >= 15 is 0 Å². The number of carbonyl (C=O) groups excluding carboxylic acids is 1. The molecule has 1 fully saturated rings. The van der Waals surface area contributed by atoms with Gasteiger partial charge in [-0.3, -0.25) is 4.79 Å². The second-order valence-corrected chi connectivity index (χ2v) is 7.56. The zero-order chi connectivity index (χ0) is 19.0. The Labute approximate surface area is 160 Å². The molecule has 5 nitrogen and oxygen atoms in total. The Morgan fingerprint density at radius 1 is 1.41 bits per heavy atom. The lowest BCUT2D eigenvalue weighted by Crippen LogP contribution is -2.29. The maximum absolute atomic E-state index is 13.6. The van der Waals surface area contributed by atoms with Crippen LogP contribution in [0.5, 0.6) is 5.75 Å². The van der Waals surface area contributed by atoms with Crippen molar-refractivity contribution in [2.24, 2.45) is 5.41 Å². The van der Waals surface area contributed by atoms with E-state index < -0.39 is 5.95 Å². The fourth-order valence-electron chi connectivity index (χ4n) is 2.89. The fraction of sp³-hybridized carbons (Fsp3) is 0.300. The quantitative estimate of drug-likeness (QED) is 0.618. The van der Waals surface area contributed by atoms with Gasteiger partial charge in [0.1, 0.15) is 12.4 Å². The van der Waals surface area contributed by atoms with E-state index in [1.165, 1.54) is 6.20 Å². The monoisotopic (exact) mass is 387 g/mol. The summed E-state index contributed by atoms with van der Waals surface area (Å²) in [7, 11) is 0. The van der Waals surface area contributed by atoms with E-state index in [0.29, 0.717) is 22.9 Å². The molecule has 2 heterocycles. The molecule has 4 rings (SSSR count). The highest BCUT2D eigenvalue weighted by atomic mass is 35.5. The zero-order valence-electron chi connectivity index (χ0n) is 14.8. The van der Waals surface area contributed by atoms with Gasteiger partial charge >= 0.3 is 0 Å². The van der Waals surface area contributed by atoms with Crippen LogP contribution in [-0.4, -0.2) is 15.9 Å². The summed E-state index contributed by atoms with van der Waals surface area (Å²) in [5.41, 5.74) is 1.88. The van der Waals surface area contributed by atoms with Crippen molar-refractivity contribution in [2.75, 3.05) is 0 Å². The smallest absolute Gasteiger partial charge is 0.226 e. The van der Waals surface area contributed by atoms with Gasteiger partial charge in [0, 0.05) is 39.8 Å². The molecule has 1 aliphatic carbocycles. The van der Waals surface area contributed by atoms with Gasteiger partial charge in [-0.15, -0.1) is 0 Å². The molecule has 0 spiro atoms. The molecule has 1 aromatic carbocycles. The molecule has 0 bridgehead atoms. The molecule has 3 aromatic rings. The number of aromatic nitrogens is 2. The number of aromatic amines is 1. The number of H-pyrrole nitrogens is 1. The molecular formula is C20H19ClFN3O2. The van der Waals surface area contributed by atoms with Crippen LogP contribution >= 0.6 is 11.6 Å². The van der Waals surface area contributed by atoms with Crippen molar-refractivity contribution in [1.29, 1.82) is 0 Å². The molecule has 0 aliphatic heterocycles. The van der Waals surface area contributed by atoms with E-state index in [0.717, 1.165) is 29.4 Å². The van der Waals surface area contributed by atoms with Crippen LogP contribution in [0, 0.1) is 11.4 Å². The number of hydrogen-bond acceptors (Lipinski definition) is 3. The minimum atomic E-state index is -0.558. The normalized spacial score (nSPS) is 14.9. The molecule has 0 saturated heterocycles. The van der Waals surface area contributed by atoms with Crippen LogP contribution in [0.4, 0.5) is 4.39 Å². The van der Waals surface area contributed by atoms with Crippen LogP contribution in [0.1, 0.15) is 31.0 Å². The predicted molar refractivity (Wildman–Crippen MR) is 101 cm³/mol. The molecule has 0 radical (unpaired) electrons. The average Bonchev–Trinajstić information content (AvgIpc) is 3.28. The second-order valence-electron chi connectivity index (χ2n) is 7.15. The third-order valence-corrected chi connectivity index (χ3v) is 5.23. The first-order valence-electron chi connectivity index (χ1n) is 8.76. The minimum absolute atomic E-state index is 0.0348. The summed E-state index contributed by atoms with van der Waals surface area (Å²) in [6, 6.07) is 8.78. The number of pyridine rings is 1. The van der Waals surface area contributed by atoms with E-state index in [-0.39, 0.29) is 17.9 Å². The van der Waals surface area contributed by atoms with Gasteiger partial charge in [-0.25, -0.2) is 4.98 Å². The predicted octanol–water partition coefficient (Wildman–Crippen LogP) is 4.35. The van der Waals surface area contributed by atoms with Gasteiger partial charge in [0.25, 0.3) is 0 Å². The van der Waals surface area contributed by atoms with Gasteiger partial charge in [-0.1, -0.05) is 18.5 Å². The topological polar surface area (TPSA) is 67.0 Å². The zero-order valence-corrected chi connectivity index (χ0v) is 15.6. The number of carbonyl (C=O) groups is 1. The maximum Gasteiger partial charge on any atom is 0.226 e. The maximum atomic E-state index is 13.6. The fourth-order valence-corrected chi connectivity index (χ4v) is 3.11. The summed E-state index contributed by atoms with van der Waals surface area (Å²) in [4.78, 5) is 18.9. The lowest BCUT2D eigenvalue weighted by Gasteiger charge is -2.09. The largest absolute Gasteiger partial charge is 0.487 e. The van der Waals surface area contributed by atoms with E-state index in [1.54, 1.807) is 24.3 Å². The Morgan fingerprint density at radius 3 is 2.96 bits per heavy atom. The molecule has 27 heavy (non-hydrogen) atoms. The average molecular weight is 388 g/mol. The van der Waals surface area contributed by atoms with E-state index in [2.05, 4.69) is 15.3 Å². The van der Waals surface area contributed by atoms with Crippen LogP contribution < -0.4 is 10.1 Å². The summed E-state index contributed by atoms with van der Waals surface area (Å²) in [5, 5.41) is 4.32. The first-order valence-corrected chi connectivity index (χ1v) is 9.14. The molecular weight excluding hydrogens is 369 g/mol. The summed E-state index contributed by atoms with van der Waals surface area (Å²) >= 11 is 6.30. The summed E-state index contributed by atoms with van der Waals surface area (Å²) in [6.45, 7) is 2.44. The molecule has 0 atom stereocenters. The van der Waals surface area contributed by atoms with Gasteiger partial charge in [0.2, 0.25) is 11.9 Å². The highest BCUT2D eigenvalue weighted by molar-refractivity contribution is 6.32. The molecule has 2 N–H and O–H groups in total. The van der Waals surface area contributed by atoms with Crippen molar-refractivity contribution in [3.63, 3.8) is 0 Å². The Hall–Kier alpha value is -2.60. The molecule has 140 valence electrons. The Bertz CT molecular complexity index is 1010. The van der Waals surface area contributed by atoms with Crippen LogP contribution in [0.3, 0.4) is 0 Å². The number of nitrogens with zero attached hydrogens (tertiary/aromatic N) is 1. The molecule has 0 unspecified atom stereocenters. The minimum Gasteiger partial charge on any atom is -0.487 e. The number of rotatable bonds is 6. The third kappa shape index (κ3) is 3.76. The van der Waals surface area contributed by atoms with Gasteiger partial charge in [-0.05, 0) is 37.1 Å². The van der Waals surface area contributed by atoms with E-state index in [4.69, 9.17) is 16.3 Å². The lowest BCUT2D eigenvalue weighted by molar-refractivity contribution is -0.125. The number of hydrogen-bond donors (Lipinski definition) is 2.